The van der Waals surface area contributed by atoms with Gasteiger partial charge in [0.1, 0.15) is 5.76 Å². The third kappa shape index (κ3) is 2.69. The molecule has 2 heterocycles. The van der Waals surface area contributed by atoms with Gasteiger partial charge in [-0.15, -0.1) is 0 Å². The van der Waals surface area contributed by atoms with Crippen LogP contribution >= 0.6 is 12.6 Å². The molecule has 0 unspecified atom stereocenters. The van der Waals surface area contributed by atoms with Crippen LogP contribution in [0.3, 0.4) is 0 Å². The molecule has 1 saturated heterocycles. The number of aryl methyl sites for hydroxylation is 2. The van der Waals surface area contributed by atoms with E-state index in [1.165, 1.54) is 0 Å². The summed E-state index contributed by atoms with van der Waals surface area (Å²) in [5.74, 6) is 1.35. The molecule has 0 spiro atoms. The van der Waals surface area contributed by atoms with Gasteiger partial charge < -0.3 is 13.8 Å². The lowest BCUT2D eigenvalue weighted by Gasteiger charge is -2.32. The van der Waals surface area contributed by atoms with Gasteiger partial charge in [0.15, 0.2) is 0 Å². The van der Waals surface area contributed by atoms with E-state index in [2.05, 4.69) is 17.8 Å². The van der Waals surface area contributed by atoms with E-state index in [4.69, 9.17) is 13.8 Å². The lowest BCUT2D eigenvalue weighted by Crippen LogP contribution is -2.41. The van der Waals surface area contributed by atoms with E-state index in [-0.39, 0.29) is 18.3 Å². The summed E-state index contributed by atoms with van der Waals surface area (Å²) in [5, 5.41) is 3.96. The molecule has 0 atom stereocenters. The van der Waals surface area contributed by atoms with Gasteiger partial charge in [-0.3, -0.25) is 0 Å². The zero-order valence-corrected chi connectivity index (χ0v) is 13.9. The van der Waals surface area contributed by atoms with Crippen molar-refractivity contribution in [3.63, 3.8) is 0 Å². The molecule has 0 bridgehead atoms. The lowest BCUT2D eigenvalue weighted by atomic mass is 9.78. The number of thiol groups is 1. The van der Waals surface area contributed by atoms with Crippen molar-refractivity contribution in [2.75, 3.05) is 5.75 Å². The van der Waals surface area contributed by atoms with E-state index in [1.807, 2.05) is 47.6 Å². The van der Waals surface area contributed by atoms with Crippen LogP contribution in [0.2, 0.25) is 0 Å². The van der Waals surface area contributed by atoms with E-state index in [9.17, 15) is 0 Å². The summed E-state index contributed by atoms with van der Waals surface area (Å²) in [6.45, 7) is 12.0. The molecule has 6 heteroatoms. The monoisotopic (exact) mass is 295 g/mol. The SMILES string of the molecule is Cc1noc(C)c1C=C(CS)B1OC(C)(C)C(C)(C)O1. The molecular formula is C14H22BNO3S. The summed E-state index contributed by atoms with van der Waals surface area (Å²) in [5.41, 5.74) is 2.11. The molecule has 110 valence electrons. The van der Waals surface area contributed by atoms with Crippen LogP contribution in [0.15, 0.2) is 10.00 Å². The molecule has 0 saturated carbocycles. The summed E-state index contributed by atoms with van der Waals surface area (Å²) in [6, 6.07) is 0. The van der Waals surface area contributed by atoms with Gasteiger partial charge in [0, 0.05) is 11.3 Å². The first kappa shape index (κ1) is 15.7. The predicted octanol–water partition coefficient (Wildman–Crippen LogP) is 3.24. The lowest BCUT2D eigenvalue weighted by molar-refractivity contribution is 0.00578. The van der Waals surface area contributed by atoms with Crippen molar-refractivity contribution in [3.8, 4) is 0 Å². The first-order valence-electron chi connectivity index (χ1n) is 6.78. The number of hydrogen-bond donors (Lipinski definition) is 1. The Bertz CT molecular complexity index is 501. The van der Waals surface area contributed by atoms with Crippen LogP contribution in [-0.4, -0.2) is 29.2 Å². The van der Waals surface area contributed by atoms with Gasteiger partial charge >= 0.3 is 7.12 Å². The van der Waals surface area contributed by atoms with Crippen LogP contribution < -0.4 is 0 Å². The highest BCUT2D eigenvalue weighted by Gasteiger charge is 2.52. The number of nitrogens with zero attached hydrogens (tertiary/aromatic N) is 1. The molecule has 1 aromatic rings. The highest BCUT2D eigenvalue weighted by atomic mass is 32.1. The number of rotatable bonds is 3. The fourth-order valence-corrected chi connectivity index (χ4v) is 2.30. The van der Waals surface area contributed by atoms with Crippen LogP contribution in [0, 0.1) is 13.8 Å². The molecule has 0 radical (unpaired) electrons. The van der Waals surface area contributed by atoms with Crippen molar-refractivity contribution in [1.82, 2.24) is 5.16 Å². The zero-order valence-electron chi connectivity index (χ0n) is 13.0. The zero-order chi connectivity index (χ0) is 15.1. The fraction of sp³-hybridized carbons (Fsp3) is 0.643. The van der Waals surface area contributed by atoms with Crippen LogP contribution in [-0.2, 0) is 9.31 Å². The van der Waals surface area contributed by atoms with Crippen LogP contribution in [0.5, 0.6) is 0 Å². The molecule has 1 fully saturated rings. The van der Waals surface area contributed by atoms with Gasteiger partial charge in [0.05, 0.1) is 16.9 Å². The average molecular weight is 295 g/mol. The smallest absolute Gasteiger partial charge is 0.400 e. The van der Waals surface area contributed by atoms with Gasteiger partial charge in [0.25, 0.3) is 0 Å². The predicted molar refractivity (Wildman–Crippen MR) is 83.9 cm³/mol. The Balaban J connectivity index is 2.31. The highest BCUT2D eigenvalue weighted by molar-refractivity contribution is 7.80. The van der Waals surface area contributed by atoms with E-state index in [1.54, 1.807) is 0 Å². The molecule has 1 aliphatic heterocycles. The Morgan fingerprint density at radius 2 is 1.75 bits per heavy atom. The topological polar surface area (TPSA) is 44.5 Å². The van der Waals surface area contributed by atoms with E-state index >= 15 is 0 Å². The minimum Gasteiger partial charge on any atom is -0.400 e. The van der Waals surface area contributed by atoms with Crippen LogP contribution in [0.4, 0.5) is 0 Å². The largest absolute Gasteiger partial charge is 0.491 e. The molecule has 0 amide bonds. The van der Waals surface area contributed by atoms with Crippen molar-refractivity contribution in [3.05, 3.63) is 22.5 Å². The molecule has 0 aromatic carbocycles. The molecule has 0 N–H and O–H groups in total. The average Bonchev–Trinajstić information content (AvgIpc) is 2.75. The Labute approximate surface area is 126 Å². The number of hydrogen-bond acceptors (Lipinski definition) is 5. The highest BCUT2D eigenvalue weighted by Crippen LogP contribution is 2.39. The molecule has 1 aromatic heterocycles. The van der Waals surface area contributed by atoms with Gasteiger partial charge in [-0.2, -0.15) is 12.6 Å². The van der Waals surface area contributed by atoms with Gasteiger partial charge in [0.2, 0.25) is 0 Å². The molecule has 0 aliphatic carbocycles. The maximum absolute atomic E-state index is 6.06. The first-order valence-corrected chi connectivity index (χ1v) is 7.41. The van der Waals surface area contributed by atoms with Gasteiger partial charge in [-0.25, -0.2) is 0 Å². The molecule has 1 aliphatic rings. The van der Waals surface area contributed by atoms with E-state index in [0.29, 0.717) is 5.75 Å². The third-order valence-electron chi connectivity index (χ3n) is 4.16. The summed E-state index contributed by atoms with van der Waals surface area (Å²) in [7, 11) is -0.383. The minimum absolute atomic E-state index is 0.349. The molecular weight excluding hydrogens is 273 g/mol. The Morgan fingerprint density at radius 1 is 1.20 bits per heavy atom. The molecule has 20 heavy (non-hydrogen) atoms. The van der Waals surface area contributed by atoms with Gasteiger partial charge in [-0.05, 0) is 47.0 Å². The van der Waals surface area contributed by atoms with E-state index in [0.717, 1.165) is 22.5 Å². The van der Waals surface area contributed by atoms with Gasteiger partial charge in [-0.1, -0.05) is 11.2 Å². The second kappa shape index (κ2) is 5.24. The van der Waals surface area contributed by atoms with Crippen LogP contribution in [0.1, 0.15) is 44.7 Å². The summed E-state index contributed by atoms with van der Waals surface area (Å²) in [4.78, 5) is 0. The Hall–Kier alpha value is -0.715. The second-order valence-corrected chi connectivity index (χ2v) is 6.52. The van der Waals surface area contributed by atoms with E-state index < -0.39 is 0 Å². The Kier molecular flexibility index (Phi) is 4.11. The van der Waals surface area contributed by atoms with Crippen molar-refractivity contribution >= 4 is 25.8 Å². The summed E-state index contributed by atoms with van der Waals surface area (Å²) >= 11 is 4.40. The fourth-order valence-electron chi connectivity index (χ4n) is 2.06. The van der Waals surface area contributed by atoms with Crippen molar-refractivity contribution < 1.29 is 13.8 Å². The molecule has 4 nitrogen and oxygen atoms in total. The Morgan fingerprint density at radius 3 is 2.15 bits per heavy atom. The molecule has 2 rings (SSSR count). The van der Waals surface area contributed by atoms with Crippen LogP contribution in [0.25, 0.3) is 6.08 Å². The first-order chi connectivity index (χ1) is 9.18. The summed E-state index contributed by atoms with van der Waals surface area (Å²) < 4.78 is 17.3. The van der Waals surface area contributed by atoms with Crippen molar-refractivity contribution in [1.29, 1.82) is 0 Å². The normalized spacial score (nSPS) is 21.6. The maximum atomic E-state index is 6.06. The quantitative estimate of drug-likeness (QED) is 0.687. The standard InChI is InChI=1S/C14H22BNO3S/c1-9-12(10(2)17-16-9)7-11(8-20)15-18-13(3,4)14(5,6)19-15/h7,20H,8H2,1-6H3. The maximum Gasteiger partial charge on any atom is 0.491 e. The van der Waals surface area contributed by atoms with Crippen molar-refractivity contribution in [2.45, 2.75) is 52.7 Å². The minimum atomic E-state index is -0.383. The number of aromatic nitrogens is 1. The summed E-state index contributed by atoms with van der Waals surface area (Å²) in [6.07, 6.45) is 2.01. The van der Waals surface area contributed by atoms with Crippen molar-refractivity contribution in [2.24, 2.45) is 0 Å². The third-order valence-corrected chi connectivity index (χ3v) is 4.52. The second-order valence-electron chi connectivity index (χ2n) is 6.20.